The third-order valence-corrected chi connectivity index (χ3v) is 4.95. The van der Waals surface area contributed by atoms with Gasteiger partial charge in [0.2, 0.25) is 6.79 Å². The molecule has 2 heterocycles. The molecule has 1 aromatic heterocycles. The monoisotopic (exact) mass is 289 g/mol. The summed E-state index contributed by atoms with van der Waals surface area (Å²) in [6.45, 7) is 5.50. The average molecular weight is 289 g/mol. The smallest absolute Gasteiger partial charge is 0.231 e. The number of para-hydroxylation sites is 1. The third kappa shape index (κ3) is 2.67. The SMILES string of the molecule is CCc1ccc(C(C)NCc2cccc3c2OCO3)s1. The van der Waals surface area contributed by atoms with E-state index in [9.17, 15) is 0 Å². The van der Waals surface area contributed by atoms with Crippen molar-refractivity contribution < 1.29 is 9.47 Å². The fourth-order valence-corrected chi connectivity index (χ4v) is 3.29. The van der Waals surface area contributed by atoms with Crippen LogP contribution in [0, 0.1) is 0 Å². The van der Waals surface area contributed by atoms with Gasteiger partial charge in [-0.1, -0.05) is 19.1 Å². The molecule has 0 aliphatic carbocycles. The van der Waals surface area contributed by atoms with Gasteiger partial charge in [-0.15, -0.1) is 11.3 Å². The molecule has 0 radical (unpaired) electrons. The molecule has 0 amide bonds. The van der Waals surface area contributed by atoms with Crippen molar-refractivity contribution in [2.75, 3.05) is 6.79 Å². The van der Waals surface area contributed by atoms with E-state index < -0.39 is 0 Å². The number of hydrogen-bond donors (Lipinski definition) is 1. The molecule has 0 bridgehead atoms. The highest BCUT2D eigenvalue weighted by Gasteiger charge is 2.17. The lowest BCUT2D eigenvalue weighted by atomic mass is 10.1. The van der Waals surface area contributed by atoms with E-state index in [2.05, 4.69) is 37.4 Å². The molecular weight excluding hydrogens is 270 g/mol. The summed E-state index contributed by atoms with van der Waals surface area (Å²) in [5, 5.41) is 3.56. The molecule has 0 fully saturated rings. The molecule has 3 nitrogen and oxygen atoms in total. The van der Waals surface area contributed by atoms with Crippen molar-refractivity contribution >= 4 is 11.3 Å². The van der Waals surface area contributed by atoms with E-state index in [1.165, 1.54) is 9.75 Å². The molecule has 1 aromatic carbocycles. The molecule has 1 aliphatic rings. The fraction of sp³-hybridized carbons (Fsp3) is 0.375. The minimum atomic E-state index is 0.326. The van der Waals surface area contributed by atoms with E-state index in [0.29, 0.717) is 12.8 Å². The summed E-state index contributed by atoms with van der Waals surface area (Å²) in [6, 6.07) is 10.8. The van der Waals surface area contributed by atoms with Gasteiger partial charge in [0.25, 0.3) is 0 Å². The van der Waals surface area contributed by atoms with Crippen LogP contribution in [-0.4, -0.2) is 6.79 Å². The topological polar surface area (TPSA) is 30.5 Å². The molecule has 106 valence electrons. The summed E-state index contributed by atoms with van der Waals surface area (Å²) < 4.78 is 10.9. The summed E-state index contributed by atoms with van der Waals surface area (Å²) >= 11 is 1.88. The number of hydrogen-bond acceptors (Lipinski definition) is 4. The zero-order chi connectivity index (χ0) is 13.9. The Morgan fingerprint density at radius 2 is 2.15 bits per heavy atom. The second kappa shape index (κ2) is 5.85. The van der Waals surface area contributed by atoms with Crippen LogP contribution >= 0.6 is 11.3 Å². The Morgan fingerprint density at radius 1 is 1.25 bits per heavy atom. The van der Waals surface area contributed by atoms with Gasteiger partial charge in [-0.05, 0) is 31.5 Å². The highest BCUT2D eigenvalue weighted by Crippen LogP contribution is 2.35. The summed E-state index contributed by atoms with van der Waals surface area (Å²) in [7, 11) is 0. The van der Waals surface area contributed by atoms with Crippen LogP contribution in [0.25, 0.3) is 0 Å². The lowest BCUT2D eigenvalue weighted by Gasteiger charge is -2.13. The van der Waals surface area contributed by atoms with Crippen LogP contribution in [0.5, 0.6) is 11.5 Å². The molecule has 2 aromatic rings. The largest absolute Gasteiger partial charge is 0.454 e. The van der Waals surface area contributed by atoms with Gasteiger partial charge < -0.3 is 14.8 Å². The van der Waals surface area contributed by atoms with Gasteiger partial charge in [0.15, 0.2) is 11.5 Å². The number of benzene rings is 1. The minimum Gasteiger partial charge on any atom is -0.454 e. The zero-order valence-corrected chi connectivity index (χ0v) is 12.6. The van der Waals surface area contributed by atoms with Crippen LogP contribution in [0.1, 0.15) is 35.2 Å². The van der Waals surface area contributed by atoms with E-state index >= 15 is 0 Å². The van der Waals surface area contributed by atoms with Crippen LogP contribution in [0.4, 0.5) is 0 Å². The Morgan fingerprint density at radius 3 is 2.95 bits per heavy atom. The summed E-state index contributed by atoms with van der Waals surface area (Å²) in [6.07, 6.45) is 1.11. The highest BCUT2D eigenvalue weighted by molar-refractivity contribution is 7.12. The van der Waals surface area contributed by atoms with Crippen molar-refractivity contribution in [2.24, 2.45) is 0 Å². The molecule has 0 spiro atoms. The number of thiophene rings is 1. The Hall–Kier alpha value is -1.52. The molecule has 20 heavy (non-hydrogen) atoms. The lowest BCUT2D eigenvalue weighted by Crippen LogP contribution is -2.17. The van der Waals surface area contributed by atoms with Crippen LogP contribution in [0.15, 0.2) is 30.3 Å². The number of rotatable bonds is 5. The van der Waals surface area contributed by atoms with Crippen molar-refractivity contribution in [3.63, 3.8) is 0 Å². The predicted molar refractivity (Wildman–Crippen MR) is 81.5 cm³/mol. The summed E-state index contributed by atoms with van der Waals surface area (Å²) in [4.78, 5) is 2.82. The van der Waals surface area contributed by atoms with Crippen LogP contribution < -0.4 is 14.8 Å². The second-order valence-electron chi connectivity index (χ2n) is 4.91. The van der Waals surface area contributed by atoms with Gasteiger partial charge in [-0.3, -0.25) is 0 Å². The van der Waals surface area contributed by atoms with E-state index in [-0.39, 0.29) is 0 Å². The van der Waals surface area contributed by atoms with Gasteiger partial charge in [0.1, 0.15) is 0 Å². The average Bonchev–Trinajstić information content (AvgIpc) is 3.13. The first kappa shape index (κ1) is 13.5. The van der Waals surface area contributed by atoms with Gasteiger partial charge in [-0.2, -0.15) is 0 Å². The maximum atomic E-state index is 5.53. The zero-order valence-electron chi connectivity index (χ0n) is 11.8. The normalized spacial score (nSPS) is 14.5. The molecule has 1 N–H and O–H groups in total. The molecule has 0 saturated heterocycles. The first-order valence-electron chi connectivity index (χ1n) is 6.97. The van der Waals surface area contributed by atoms with Gasteiger partial charge in [0.05, 0.1) is 0 Å². The molecule has 1 atom stereocenters. The second-order valence-corrected chi connectivity index (χ2v) is 6.11. The van der Waals surface area contributed by atoms with Crippen molar-refractivity contribution in [3.05, 3.63) is 45.6 Å². The van der Waals surface area contributed by atoms with E-state index in [1.807, 2.05) is 23.5 Å². The summed E-state index contributed by atoms with van der Waals surface area (Å²) in [5.74, 6) is 1.73. The third-order valence-electron chi connectivity index (χ3n) is 3.53. The Balaban J connectivity index is 1.66. The first-order valence-corrected chi connectivity index (χ1v) is 7.79. The van der Waals surface area contributed by atoms with Crippen molar-refractivity contribution in [2.45, 2.75) is 32.9 Å². The van der Waals surface area contributed by atoms with Gasteiger partial charge in [0, 0.05) is 27.9 Å². The molecule has 0 saturated carbocycles. The Labute approximate surface area is 123 Å². The molecular formula is C16H19NO2S. The maximum absolute atomic E-state index is 5.53. The van der Waals surface area contributed by atoms with Crippen LogP contribution in [-0.2, 0) is 13.0 Å². The Bertz CT molecular complexity index is 594. The van der Waals surface area contributed by atoms with Crippen molar-refractivity contribution in [3.8, 4) is 11.5 Å². The van der Waals surface area contributed by atoms with Crippen molar-refractivity contribution in [1.82, 2.24) is 5.32 Å². The number of fused-ring (bicyclic) bond motifs is 1. The van der Waals surface area contributed by atoms with E-state index in [1.54, 1.807) is 0 Å². The Kier molecular flexibility index (Phi) is 3.94. The van der Waals surface area contributed by atoms with E-state index in [4.69, 9.17) is 9.47 Å². The van der Waals surface area contributed by atoms with Crippen LogP contribution in [0.3, 0.4) is 0 Å². The summed E-state index contributed by atoms with van der Waals surface area (Å²) in [5.41, 5.74) is 1.15. The van der Waals surface area contributed by atoms with E-state index in [0.717, 1.165) is 30.0 Å². The van der Waals surface area contributed by atoms with Crippen molar-refractivity contribution in [1.29, 1.82) is 0 Å². The quantitative estimate of drug-likeness (QED) is 0.906. The minimum absolute atomic E-state index is 0.326. The highest BCUT2D eigenvalue weighted by atomic mass is 32.1. The first-order chi connectivity index (χ1) is 9.78. The number of aryl methyl sites for hydroxylation is 1. The van der Waals surface area contributed by atoms with Gasteiger partial charge >= 0.3 is 0 Å². The molecule has 1 unspecified atom stereocenters. The molecule has 1 aliphatic heterocycles. The molecule has 3 rings (SSSR count). The molecule has 4 heteroatoms. The predicted octanol–water partition coefficient (Wildman–Crippen LogP) is 3.89. The lowest BCUT2D eigenvalue weighted by molar-refractivity contribution is 0.173. The number of ether oxygens (including phenoxy) is 2. The standard InChI is InChI=1S/C16H19NO2S/c1-3-13-7-8-15(20-13)11(2)17-9-12-5-4-6-14-16(12)19-10-18-14/h4-8,11,17H,3,9-10H2,1-2H3. The maximum Gasteiger partial charge on any atom is 0.231 e. The fourth-order valence-electron chi connectivity index (χ4n) is 2.31. The van der Waals surface area contributed by atoms with Crippen LogP contribution in [0.2, 0.25) is 0 Å². The number of nitrogens with one attached hydrogen (secondary N) is 1. The van der Waals surface area contributed by atoms with Gasteiger partial charge in [-0.25, -0.2) is 0 Å².